The maximum Gasteiger partial charge on any atom is 0.307 e. The summed E-state index contributed by atoms with van der Waals surface area (Å²) in [6.07, 6.45) is 0.0176. The minimum absolute atomic E-state index is 0.0176. The highest BCUT2D eigenvalue weighted by Crippen LogP contribution is 2.37. The lowest BCUT2D eigenvalue weighted by atomic mass is 10.00. The van der Waals surface area contributed by atoms with Gasteiger partial charge < -0.3 is 14.6 Å². The molecule has 0 amide bonds. The van der Waals surface area contributed by atoms with Gasteiger partial charge in [-0.2, -0.15) is 0 Å². The molecule has 4 nitrogen and oxygen atoms in total. The Bertz CT molecular complexity index is 632. The summed E-state index contributed by atoms with van der Waals surface area (Å²) in [5, 5.41) is 10.8. The number of aliphatic carboxylic acids is 1. The van der Waals surface area contributed by atoms with Crippen molar-refractivity contribution in [2.24, 2.45) is 0 Å². The summed E-state index contributed by atoms with van der Waals surface area (Å²) in [5.41, 5.74) is 1.72. The van der Waals surface area contributed by atoms with Crippen LogP contribution in [0.1, 0.15) is 11.1 Å². The molecular weight excluding hydrogens is 244 g/mol. The number of fused-ring (bicyclic) bond motifs is 1. The lowest BCUT2D eigenvalue weighted by Gasteiger charge is -2.14. The molecule has 2 rings (SSSR count). The van der Waals surface area contributed by atoms with Gasteiger partial charge in [-0.3, -0.25) is 4.79 Å². The molecule has 0 heterocycles. The second-order valence-electron chi connectivity index (χ2n) is 4.36. The first-order valence-corrected chi connectivity index (χ1v) is 5.92. The van der Waals surface area contributed by atoms with E-state index in [4.69, 9.17) is 14.6 Å². The fraction of sp³-hybridized carbons (Fsp3) is 0.267. The van der Waals surface area contributed by atoms with E-state index in [0.717, 1.165) is 21.9 Å². The first kappa shape index (κ1) is 13.2. The van der Waals surface area contributed by atoms with Crippen molar-refractivity contribution in [1.82, 2.24) is 0 Å². The lowest BCUT2D eigenvalue weighted by Crippen LogP contribution is -2.00. The Labute approximate surface area is 111 Å². The number of aryl methyl sites for hydroxylation is 1. The van der Waals surface area contributed by atoms with Crippen molar-refractivity contribution in [2.45, 2.75) is 13.3 Å². The van der Waals surface area contributed by atoms with Gasteiger partial charge in [-0.15, -0.1) is 0 Å². The Morgan fingerprint density at radius 2 is 1.95 bits per heavy atom. The molecule has 0 fully saturated rings. The molecule has 1 N–H and O–H groups in total. The van der Waals surface area contributed by atoms with Crippen LogP contribution < -0.4 is 9.47 Å². The van der Waals surface area contributed by atoms with E-state index in [-0.39, 0.29) is 6.42 Å². The van der Waals surface area contributed by atoms with Gasteiger partial charge in [-0.1, -0.05) is 18.2 Å². The van der Waals surface area contributed by atoms with Crippen molar-refractivity contribution in [3.8, 4) is 11.5 Å². The number of hydrogen-bond donors (Lipinski definition) is 1. The summed E-state index contributed by atoms with van der Waals surface area (Å²) in [4.78, 5) is 10.8. The number of carbonyl (C=O) groups is 1. The molecule has 0 bridgehead atoms. The quantitative estimate of drug-likeness (QED) is 0.918. The highest BCUT2D eigenvalue weighted by atomic mass is 16.5. The number of methoxy groups -OCH3 is 2. The highest BCUT2D eigenvalue weighted by molar-refractivity contribution is 5.91. The molecule has 4 heteroatoms. The van der Waals surface area contributed by atoms with Crippen molar-refractivity contribution in [3.63, 3.8) is 0 Å². The zero-order valence-electron chi connectivity index (χ0n) is 11.2. The summed E-state index contributed by atoms with van der Waals surface area (Å²) in [7, 11) is 3.19. The van der Waals surface area contributed by atoms with Crippen LogP contribution in [-0.2, 0) is 11.2 Å². The number of ether oxygens (including phenoxy) is 2. The van der Waals surface area contributed by atoms with Gasteiger partial charge in [0.25, 0.3) is 0 Å². The van der Waals surface area contributed by atoms with Crippen LogP contribution in [0.5, 0.6) is 11.5 Å². The molecular formula is C15H16O4. The second kappa shape index (κ2) is 5.18. The molecule has 19 heavy (non-hydrogen) atoms. The molecule has 0 saturated heterocycles. The first-order chi connectivity index (χ1) is 9.06. The third kappa shape index (κ3) is 2.47. The number of benzene rings is 2. The van der Waals surface area contributed by atoms with Crippen LogP contribution in [0.2, 0.25) is 0 Å². The van der Waals surface area contributed by atoms with E-state index < -0.39 is 5.97 Å². The van der Waals surface area contributed by atoms with Crippen LogP contribution in [0.25, 0.3) is 10.8 Å². The standard InChI is InChI=1S/C15H16O4/c1-9-12-6-10(7-14(16)17)4-5-11(12)8-13(18-2)15(9)19-3/h4-6,8H,7H2,1-3H3,(H,16,17). The van der Waals surface area contributed by atoms with Gasteiger partial charge in [0.15, 0.2) is 11.5 Å². The van der Waals surface area contributed by atoms with Gasteiger partial charge in [0, 0.05) is 5.56 Å². The minimum Gasteiger partial charge on any atom is -0.493 e. The Morgan fingerprint density at radius 1 is 1.21 bits per heavy atom. The molecule has 100 valence electrons. The molecule has 0 aliphatic heterocycles. The third-order valence-corrected chi connectivity index (χ3v) is 3.15. The lowest BCUT2D eigenvalue weighted by molar-refractivity contribution is -0.136. The van der Waals surface area contributed by atoms with Crippen molar-refractivity contribution in [1.29, 1.82) is 0 Å². The van der Waals surface area contributed by atoms with E-state index in [0.29, 0.717) is 11.5 Å². The molecule has 0 aliphatic carbocycles. The third-order valence-electron chi connectivity index (χ3n) is 3.15. The largest absolute Gasteiger partial charge is 0.493 e. The fourth-order valence-electron chi connectivity index (χ4n) is 2.26. The Kier molecular flexibility index (Phi) is 3.60. The summed E-state index contributed by atoms with van der Waals surface area (Å²) >= 11 is 0. The Hall–Kier alpha value is -2.23. The topological polar surface area (TPSA) is 55.8 Å². The summed E-state index contributed by atoms with van der Waals surface area (Å²) in [6, 6.07) is 7.51. The van der Waals surface area contributed by atoms with Crippen LogP contribution in [-0.4, -0.2) is 25.3 Å². The Balaban J connectivity index is 2.64. The molecule has 0 spiro atoms. The van der Waals surface area contributed by atoms with Crippen LogP contribution in [0.15, 0.2) is 24.3 Å². The van der Waals surface area contributed by atoms with Crippen molar-refractivity contribution >= 4 is 16.7 Å². The number of rotatable bonds is 4. The molecule has 0 unspecified atom stereocenters. The van der Waals surface area contributed by atoms with Crippen LogP contribution >= 0.6 is 0 Å². The molecule has 0 saturated carbocycles. The van der Waals surface area contributed by atoms with E-state index in [9.17, 15) is 4.79 Å². The average molecular weight is 260 g/mol. The van der Waals surface area contributed by atoms with E-state index in [1.165, 1.54) is 0 Å². The van der Waals surface area contributed by atoms with Crippen LogP contribution in [0.3, 0.4) is 0 Å². The molecule has 0 aromatic heterocycles. The van der Waals surface area contributed by atoms with Crippen LogP contribution in [0.4, 0.5) is 0 Å². The molecule has 0 aliphatic rings. The highest BCUT2D eigenvalue weighted by Gasteiger charge is 2.12. The monoisotopic (exact) mass is 260 g/mol. The fourth-order valence-corrected chi connectivity index (χ4v) is 2.26. The zero-order valence-corrected chi connectivity index (χ0v) is 11.2. The van der Waals surface area contributed by atoms with Crippen LogP contribution in [0, 0.1) is 6.92 Å². The molecule has 0 radical (unpaired) electrons. The predicted molar refractivity (Wildman–Crippen MR) is 73.1 cm³/mol. The number of carboxylic acids is 1. The van der Waals surface area contributed by atoms with Crippen molar-refractivity contribution < 1.29 is 19.4 Å². The van der Waals surface area contributed by atoms with Gasteiger partial charge >= 0.3 is 5.97 Å². The maximum atomic E-state index is 10.8. The van der Waals surface area contributed by atoms with Gasteiger partial charge in [-0.05, 0) is 29.3 Å². The maximum absolute atomic E-state index is 10.8. The molecule has 0 atom stereocenters. The van der Waals surface area contributed by atoms with Gasteiger partial charge in [-0.25, -0.2) is 0 Å². The predicted octanol–water partition coefficient (Wildman–Crippen LogP) is 2.79. The molecule has 2 aromatic carbocycles. The van der Waals surface area contributed by atoms with E-state index in [1.54, 1.807) is 14.2 Å². The van der Waals surface area contributed by atoms with Gasteiger partial charge in [0.2, 0.25) is 0 Å². The number of carboxylic acid groups (broad SMARTS) is 1. The normalized spacial score (nSPS) is 10.5. The molecule has 2 aromatic rings. The van der Waals surface area contributed by atoms with E-state index in [1.807, 2.05) is 31.2 Å². The van der Waals surface area contributed by atoms with Crippen molar-refractivity contribution in [2.75, 3.05) is 14.2 Å². The SMILES string of the molecule is COc1cc2ccc(CC(=O)O)cc2c(C)c1OC. The smallest absolute Gasteiger partial charge is 0.307 e. The number of hydrogen-bond acceptors (Lipinski definition) is 3. The summed E-state index contributed by atoms with van der Waals surface area (Å²) in [5.74, 6) is 0.526. The second-order valence-corrected chi connectivity index (χ2v) is 4.36. The van der Waals surface area contributed by atoms with E-state index in [2.05, 4.69) is 0 Å². The minimum atomic E-state index is -0.836. The average Bonchev–Trinajstić information content (AvgIpc) is 2.38. The zero-order chi connectivity index (χ0) is 14.0. The first-order valence-electron chi connectivity index (χ1n) is 5.92. The van der Waals surface area contributed by atoms with Crippen molar-refractivity contribution in [3.05, 3.63) is 35.4 Å². The van der Waals surface area contributed by atoms with Gasteiger partial charge in [0.05, 0.1) is 20.6 Å². The van der Waals surface area contributed by atoms with E-state index >= 15 is 0 Å². The Morgan fingerprint density at radius 3 is 2.53 bits per heavy atom. The van der Waals surface area contributed by atoms with Gasteiger partial charge in [0.1, 0.15) is 0 Å². The summed E-state index contributed by atoms with van der Waals surface area (Å²) < 4.78 is 10.7. The summed E-state index contributed by atoms with van der Waals surface area (Å²) in [6.45, 7) is 1.94.